The normalized spacial score (nSPS) is 22.7. The number of hydrogen-bond donors (Lipinski definition) is 0. The minimum absolute atomic E-state index is 0.295. The Labute approximate surface area is 184 Å². The quantitative estimate of drug-likeness (QED) is 0.570. The number of para-hydroxylation sites is 1. The third kappa shape index (κ3) is 3.24. The van der Waals surface area contributed by atoms with E-state index in [-0.39, 0.29) is 11.8 Å². The maximum Gasteiger partial charge on any atom is 0.266 e. The van der Waals surface area contributed by atoms with Gasteiger partial charge in [0.1, 0.15) is 11.7 Å². The fraction of sp³-hybridized carbons (Fsp3) is 0.167. The molecule has 3 atom stereocenters. The molecule has 0 radical (unpaired) electrons. The molecule has 2 amide bonds. The topological polar surface area (TPSA) is 59.1 Å². The van der Waals surface area contributed by atoms with Gasteiger partial charge in [0.2, 0.25) is 5.91 Å². The number of ether oxygens (including phenoxy) is 1. The highest BCUT2D eigenvalue weighted by molar-refractivity contribution is 6.31. The summed E-state index contributed by atoms with van der Waals surface area (Å²) < 4.78 is 5.27. The molecule has 6 nitrogen and oxygen atoms in total. The summed E-state index contributed by atoms with van der Waals surface area (Å²) in [5, 5.41) is 2.21. The molecule has 2 heterocycles. The lowest BCUT2D eigenvalue weighted by molar-refractivity contribution is -0.126. The molecule has 2 aliphatic rings. The number of amides is 2. The highest BCUT2D eigenvalue weighted by atomic mass is 35.5. The molecule has 0 aromatic heterocycles. The van der Waals surface area contributed by atoms with E-state index in [0.717, 1.165) is 11.3 Å². The number of halogens is 1. The van der Waals surface area contributed by atoms with Gasteiger partial charge in [0.05, 0.1) is 24.5 Å². The van der Waals surface area contributed by atoms with Crippen molar-refractivity contribution >= 4 is 34.8 Å². The number of benzene rings is 3. The number of imide groups is 1. The molecule has 0 spiro atoms. The smallest absolute Gasteiger partial charge is 0.266 e. The van der Waals surface area contributed by atoms with Crippen LogP contribution in [0.5, 0.6) is 5.75 Å². The van der Waals surface area contributed by atoms with Crippen molar-refractivity contribution in [1.82, 2.24) is 0 Å². The summed E-state index contributed by atoms with van der Waals surface area (Å²) in [5.74, 6) is -0.648. The Hall–Kier alpha value is -3.35. The van der Waals surface area contributed by atoms with Crippen LogP contribution in [0.3, 0.4) is 0 Å². The third-order valence-electron chi connectivity index (χ3n) is 5.67. The molecule has 31 heavy (non-hydrogen) atoms. The molecular weight excluding hydrogens is 416 g/mol. The Balaban J connectivity index is 1.57. The Morgan fingerprint density at radius 1 is 0.839 bits per heavy atom. The number of methoxy groups -OCH3 is 1. The Morgan fingerprint density at radius 3 is 2.16 bits per heavy atom. The maximum absolute atomic E-state index is 13.5. The van der Waals surface area contributed by atoms with Crippen LogP contribution in [-0.4, -0.2) is 25.0 Å². The van der Waals surface area contributed by atoms with E-state index >= 15 is 0 Å². The number of anilines is 2. The van der Waals surface area contributed by atoms with Gasteiger partial charge in [-0.3, -0.25) is 14.4 Å². The molecule has 0 bridgehead atoms. The van der Waals surface area contributed by atoms with Crippen LogP contribution < -0.4 is 14.7 Å². The van der Waals surface area contributed by atoms with Gasteiger partial charge in [0, 0.05) is 5.02 Å². The molecule has 0 unspecified atom stereocenters. The standard InChI is InChI=1S/C24H19ClN2O4/c1-30-19-13-7-15(8-14-19)21-20-22(31-27(21)18-5-3-2-4-6-18)24(29)26(23(20)28)17-11-9-16(25)10-12-17/h2-14,20-22H,1H3/t20-,21+,22-/m0/s1. The van der Waals surface area contributed by atoms with Crippen LogP contribution in [0.2, 0.25) is 5.02 Å². The summed E-state index contributed by atoms with van der Waals surface area (Å²) in [6.45, 7) is 0. The van der Waals surface area contributed by atoms with Crippen LogP contribution in [0.1, 0.15) is 11.6 Å². The number of fused-ring (bicyclic) bond motifs is 1. The molecule has 7 heteroatoms. The summed E-state index contributed by atoms with van der Waals surface area (Å²) >= 11 is 5.97. The number of hydrogen-bond acceptors (Lipinski definition) is 5. The van der Waals surface area contributed by atoms with Crippen molar-refractivity contribution in [3.63, 3.8) is 0 Å². The van der Waals surface area contributed by atoms with E-state index in [0.29, 0.717) is 16.5 Å². The van der Waals surface area contributed by atoms with E-state index in [2.05, 4.69) is 0 Å². The van der Waals surface area contributed by atoms with Gasteiger partial charge >= 0.3 is 0 Å². The molecule has 0 N–H and O–H groups in total. The SMILES string of the molecule is COc1ccc([C@@H]2[C@@H]3C(=O)N(c4ccc(Cl)cc4)C(=O)[C@H]3ON2c2ccccc2)cc1. The summed E-state index contributed by atoms with van der Waals surface area (Å²) in [6, 6.07) is 23.1. The molecule has 5 rings (SSSR count). The molecule has 3 aromatic carbocycles. The van der Waals surface area contributed by atoms with E-state index in [4.69, 9.17) is 21.2 Å². The molecule has 2 aliphatic heterocycles. The van der Waals surface area contributed by atoms with Gasteiger partial charge < -0.3 is 4.74 Å². The number of hydroxylamine groups is 1. The monoisotopic (exact) mass is 434 g/mol. The second kappa shape index (κ2) is 7.72. The van der Waals surface area contributed by atoms with Crippen molar-refractivity contribution in [2.75, 3.05) is 17.1 Å². The first-order valence-electron chi connectivity index (χ1n) is 9.87. The van der Waals surface area contributed by atoms with Gasteiger partial charge in [0.25, 0.3) is 5.91 Å². The second-order valence-corrected chi connectivity index (χ2v) is 7.86. The highest BCUT2D eigenvalue weighted by Gasteiger charge is 2.60. The molecular formula is C24H19ClN2O4. The summed E-state index contributed by atoms with van der Waals surface area (Å²) in [4.78, 5) is 34.1. The van der Waals surface area contributed by atoms with Crippen molar-refractivity contribution in [3.8, 4) is 5.75 Å². The Kier molecular flexibility index (Phi) is 4.88. The number of carbonyl (C=O) groups excluding carboxylic acids is 2. The second-order valence-electron chi connectivity index (χ2n) is 7.42. The van der Waals surface area contributed by atoms with Crippen LogP contribution >= 0.6 is 11.6 Å². The first-order chi connectivity index (χ1) is 15.1. The van der Waals surface area contributed by atoms with E-state index in [9.17, 15) is 9.59 Å². The van der Waals surface area contributed by atoms with Crippen molar-refractivity contribution in [3.05, 3.63) is 89.4 Å². The zero-order valence-electron chi connectivity index (χ0n) is 16.6. The lowest BCUT2D eigenvalue weighted by Crippen LogP contribution is -2.37. The Bertz CT molecular complexity index is 1120. The molecule has 156 valence electrons. The fourth-order valence-corrected chi connectivity index (χ4v) is 4.32. The number of nitrogens with zero attached hydrogens (tertiary/aromatic N) is 2. The lowest BCUT2D eigenvalue weighted by atomic mass is 9.90. The lowest BCUT2D eigenvalue weighted by Gasteiger charge is -2.28. The predicted octanol–water partition coefficient (Wildman–Crippen LogP) is 4.40. The van der Waals surface area contributed by atoms with Crippen molar-refractivity contribution in [1.29, 1.82) is 0 Å². The van der Waals surface area contributed by atoms with E-state index in [1.807, 2.05) is 54.6 Å². The van der Waals surface area contributed by atoms with Gasteiger partial charge in [-0.2, -0.15) is 0 Å². The average Bonchev–Trinajstić information content (AvgIpc) is 3.31. The van der Waals surface area contributed by atoms with Crippen LogP contribution in [0.4, 0.5) is 11.4 Å². The van der Waals surface area contributed by atoms with E-state index in [1.165, 1.54) is 4.90 Å². The van der Waals surface area contributed by atoms with Gasteiger partial charge in [0.15, 0.2) is 6.10 Å². The first-order valence-corrected chi connectivity index (χ1v) is 10.2. The zero-order valence-corrected chi connectivity index (χ0v) is 17.4. The summed E-state index contributed by atoms with van der Waals surface area (Å²) in [7, 11) is 1.60. The van der Waals surface area contributed by atoms with Crippen LogP contribution in [0.25, 0.3) is 0 Å². The largest absolute Gasteiger partial charge is 0.497 e. The van der Waals surface area contributed by atoms with Crippen LogP contribution in [-0.2, 0) is 14.4 Å². The van der Waals surface area contributed by atoms with E-state index < -0.39 is 18.1 Å². The van der Waals surface area contributed by atoms with Gasteiger partial charge in [-0.05, 0) is 54.1 Å². The molecule has 2 saturated heterocycles. The predicted molar refractivity (Wildman–Crippen MR) is 117 cm³/mol. The molecule has 0 aliphatic carbocycles. The minimum Gasteiger partial charge on any atom is -0.497 e. The third-order valence-corrected chi connectivity index (χ3v) is 5.92. The summed E-state index contributed by atoms with van der Waals surface area (Å²) in [6.07, 6.45) is -0.907. The maximum atomic E-state index is 13.5. The molecule has 2 fully saturated rings. The number of carbonyl (C=O) groups is 2. The van der Waals surface area contributed by atoms with Crippen molar-refractivity contribution in [2.24, 2.45) is 5.92 Å². The van der Waals surface area contributed by atoms with Crippen LogP contribution in [0.15, 0.2) is 78.9 Å². The summed E-state index contributed by atoms with van der Waals surface area (Å²) in [5.41, 5.74) is 2.12. The minimum atomic E-state index is -0.907. The van der Waals surface area contributed by atoms with Gasteiger partial charge in [-0.1, -0.05) is 41.9 Å². The zero-order chi connectivity index (χ0) is 21.5. The van der Waals surface area contributed by atoms with Gasteiger partial charge in [-0.15, -0.1) is 0 Å². The highest BCUT2D eigenvalue weighted by Crippen LogP contribution is 2.47. The first kappa shape index (κ1) is 19.6. The molecule has 0 saturated carbocycles. The average molecular weight is 435 g/mol. The van der Waals surface area contributed by atoms with Gasteiger partial charge in [-0.25, -0.2) is 9.96 Å². The Morgan fingerprint density at radius 2 is 1.52 bits per heavy atom. The van der Waals surface area contributed by atoms with Crippen LogP contribution in [0, 0.1) is 5.92 Å². The van der Waals surface area contributed by atoms with E-state index in [1.54, 1.807) is 36.4 Å². The molecule has 3 aromatic rings. The fourth-order valence-electron chi connectivity index (χ4n) is 4.20. The van der Waals surface area contributed by atoms with Crippen molar-refractivity contribution < 1.29 is 19.2 Å². The number of rotatable bonds is 4. The van der Waals surface area contributed by atoms with Crippen molar-refractivity contribution in [2.45, 2.75) is 12.1 Å².